The number of hydrogen-bond acceptors (Lipinski definition) is 1. The third-order valence-electron chi connectivity index (χ3n) is 6.99. The monoisotopic (exact) mass is 389 g/mol. The molecule has 1 heteroatoms. The van der Waals surface area contributed by atoms with E-state index in [9.17, 15) is 0 Å². The van der Waals surface area contributed by atoms with Crippen molar-refractivity contribution in [3.63, 3.8) is 0 Å². The molecule has 3 aromatic carbocycles. The Balaban J connectivity index is 1.59. The van der Waals surface area contributed by atoms with Crippen LogP contribution in [0.3, 0.4) is 0 Å². The highest BCUT2D eigenvalue weighted by molar-refractivity contribution is 5.97. The van der Waals surface area contributed by atoms with Crippen LogP contribution < -0.4 is 0 Å². The van der Waals surface area contributed by atoms with Crippen LogP contribution in [0, 0.1) is 0 Å². The summed E-state index contributed by atoms with van der Waals surface area (Å²) >= 11 is 0. The van der Waals surface area contributed by atoms with Crippen molar-refractivity contribution in [2.45, 2.75) is 51.9 Å². The Morgan fingerprint density at radius 1 is 0.667 bits per heavy atom. The number of hydrogen-bond donors (Lipinski definition) is 0. The fraction of sp³-hybridized carbons (Fsp3) is 0.276. The molecule has 2 aliphatic rings. The Labute approximate surface area is 178 Å². The first kappa shape index (κ1) is 17.9. The molecule has 0 spiro atoms. The fourth-order valence-corrected chi connectivity index (χ4v) is 5.57. The summed E-state index contributed by atoms with van der Waals surface area (Å²) in [6.45, 7) is 6.82. The summed E-state index contributed by atoms with van der Waals surface area (Å²) in [7, 11) is 0. The minimum absolute atomic E-state index is 0.0765. The maximum atomic E-state index is 5.03. The lowest BCUT2D eigenvalue weighted by Crippen LogP contribution is -2.14. The molecule has 0 N–H and O–H groups in total. The van der Waals surface area contributed by atoms with Gasteiger partial charge in [0.15, 0.2) is 0 Å². The van der Waals surface area contributed by atoms with Crippen LogP contribution in [0.25, 0.3) is 33.2 Å². The zero-order valence-corrected chi connectivity index (χ0v) is 18.0. The maximum Gasteiger partial charge on any atom is 0.0780 e. The van der Waals surface area contributed by atoms with E-state index in [2.05, 4.69) is 81.6 Å². The van der Waals surface area contributed by atoms with Gasteiger partial charge < -0.3 is 0 Å². The molecule has 148 valence electrons. The molecule has 0 fully saturated rings. The van der Waals surface area contributed by atoms with E-state index in [0.717, 1.165) is 31.4 Å². The second-order valence-corrected chi connectivity index (χ2v) is 9.94. The minimum Gasteiger partial charge on any atom is -0.255 e. The van der Waals surface area contributed by atoms with Crippen LogP contribution in [-0.4, -0.2) is 4.98 Å². The van der Waals surface area contributed by atoms with Crippen LogP contribution >= 0.6 is 0 Å². The molecular formula is C29H27N. The van der Waals surface area contributed by atoms with E-state index in [0.29, 0.717) is 0 Å². The summed E-state index contributed by atoms with van der Waals surface area (Å²) in [4.78, 5) is 5.03. The Morgan fingerprint density at radius 3 is 1.87 bits per heavy atom. The van der Waals surface area contributed by atoms with Crippen LogP contribution in [0.1, 0.15) is 48.6 Å². The SMILES string of the molecule is CC(C)(C)c1cnc(-c2cc3c4c(c2)CCc2cccc(c2-4)CC3)c2ccccc12. The van der Waals surface area contributed by atoms with Crippen LogP contribution in [0.5, 0.6) is 0 Å². The lowest BCUT2D eigenvalue weighted by atomic mass is 9.74. The van der Waals surface area contributed by atoms with Gasteiger partial charge in [0.25, 0.3) is 0 Å². The summed E-state index contributed by atoms with van der Waals surface area (Å²) in [5.74, 6) is 0. The summed E-state index contributed by atoms with van der Waals surface area (Å²) in [6.07, 6.45) is 6.66. The smallest absolute Gasteiger partial charge is 0.0780 e. The Bertz CT molecular complexity index is 1270. The average Bonchev–Trinajstić information content (AvgIpc) is 2.76. The number of benzene rings is 3. The predicted octanol–water partition coefficient (Wildman–Crippen LogP) is 7.06. The molecule has 0 aliphatic heterocycles. The third-order valence-corrected chi connectivity index (χ3v) is 6.99. The zero-order valence-electron chi connectivity index (χ0n) is 18.0. The van der Waals surface area contributed by atoms with Crippen molar-refractivity contribution < 1.29 is 0 Å². The molecule has 2 aliphatic carbocycles. The molecule has 0 saturated carbocycles. The van der Waals surface area contributed by atoms with E-state index in [-0.39, 0.29) is 5.41 Å². The van der Waals surface area contributed by atoms with Gasteiger partial charge in [0, 0.05) is 17.1 Å². The van der Waals surface area contributed by atoms with Gasteiger partial charge in [0.05, 0.1) is 5.69 Å². The van der Waals surface area contributed by atoms with Gasteiger partial charge in [-0.15, -0.1) is 0 Å². The fourth-order valence-electron chi connectivity index (χ4n) is 5.57. The first-order chi connectivity index (χ1) is 14.5. The number of rotatable bonds is 1. The standard InChI is InChI=1S/C29H27N/c1-29(2,3)25-17-30-28(24-10-5-4-9-23(24)25)22-15-20-13-11-18-7-6-8-19-12-14-21(16-22)27(20)26(18)19/h4-10,15-17H,11-14H2,1-3H3. The third kappa shape index (κ3) is 2.58. The highest BCUT2D eigenvalue weighted by Gasteiger charge is 2.27. The highest BCUT2D eigenvalue weighted by Crippen LogP contribution is 2.44. The average molecular weight is 390 g/mol. The molecule has 30 heavy (non-hydrogen) atoms. The van der Waals surface area contributed by atoms with Crippen LogP contribution in [0.15, 0.2) is 60.8 Å². The number of pyridine rings is 1. The first-order valence-corrected chi connectivity index (χ1v) is 11.2. The summed E-state index contributed by atoms with van der Waals surface area (Å²) in [6, 6.07) is 20.5. The van der Waals surface area contributed by atoms with E-state index in [4.69, 9.17) is 4.98 Å². The molecular weight excluding hydrogens is 362 g/mol. The van der Waals surface area contributed by atoms with Crippen molar-refractivity contribution in [1.29, 1.82) is 0 Å². The number of nitrogens with zero attached hydrogens (tertiary/aromatic N) is 1. The van der Waals surface area contributed by atoms with Crippen LogP contribution in [0.2, 0.25) is 0 Å². The molecule has 4 aromatic rings. The van der Waals surface area contributed by atoms with Gasteiger partial charge in [0.1, 0.15) is 0 Å². The van der Waals surface area contributed by atoms with E-state index in [1.54, 1.807) is 0 Å². The summed E-state index contributed by atoms with van der Waals surface area (Å²) < 4.78 is 0. The molecule has 0 radical (unpaired) electrons. The summed E-state index contributed by atoms with van der Waals surface area (Å²) in [5.41, 5.74) is 12.9. The largest absolute Gasteiger partial charge is 0.255 e. The number of aromatic nitrogens is 1. The lowest BCUT2D eigenvalue weighted by molar-refractivity contribution is 0.593. The second kappa shape index (κ2) is 6.28. The minimum atomic E-state index is 0.0765. The van der Waals surface area contributed by atoms with E-state index in [1.807, 2.05) is 0 Å². The lowest BCUT2D eigenvalue weighted by Gasteiger charge is -2.30. The molecule has 1 nitrogen and oxygen atoms in total. The molecule has 1 heterocycles. The van der Waals surface area contributed by atoms with Gasteiger partial charge in [-0.05, 0) is 87.6 Å². The van der Waals surface area contributed by atoms with Gasteiger partial charge >= 0.3 is 0 Å². The number of aryl methyl sites for hydroxylation is 4. The predicted molar refractivity (Wildman–Crippen MR) is 126 cm³/mol. The second-order valence-electron chi connectivity index (χ2n) is 9.94. The van der Waals surface area contributed by atoms with E-state index in [1.165, 1.54) is 55.3 Å². The van der Waals surface area contributed by atoms with Crippen molar-refractivity contribution in [2.24, 2.45) is 0 Å². The normalized spacial score (nSPS) is 14.6. The maximum absolute atomic E-state index is 5.03. The van der Waals surface area contributed by atoms with Gasteiger partial charge in [-0.1, -0.05) is 63.2 Å². The van der Waals surface area contributed by atoms with Crippen LogP contribution in [0.4, 0.5) is 0 Å². The first-order valence-electron chi connectivity index (χ1n) is 11.2. The van der Waals surface area contributed by atoms with Crippen molar-refractivity contribution in [3.05, 3.63) is 88.6 Å². The van der Waals surface area contributed by atoms with Gasteiger partial charge in [-0.3, -0.25) is 4.98 Å². The molecule has 0 unspecified atom stereocenters. The van der Waals surface area contributed by atoms with Gasteiger partial charge in [0.2, 0.25) is 0 Å². The summed E-state index contributed by atoms with van der Waals surface area (Å²) in [5, 5.41) is 2.60. The van der Waals surface area contributed by atoms with Crippen molar-refractivity contribution in [3.8, 4) is 22.4 Å². The molecule has 0 amide bonds. The van der Waals surface area contributed by atoms with Gasteiger partial charge in [-0.2, -0.15) is 0 Å². The molecule has 0 saturated heterocycles. The van der Waals surface area contributed by atoms with E-state index >= 15 is 0 Å². The quantitative estimate of drug-likeness (QED) is 0.339. The Kier molecular flexibility index (Phi) is 3.75. The van der Waals surface area contributed by atoms with Crippen molar-refractivity contribution >= 4 is 10.8 Å². The molecule has 0 bridgehead atoms. The van der Waals surface area contributed by atoms with E-state index < -0.39 is 0 Å². The van der Waals surface area contributed by atoms with Gasteiger partial charge in [-0.25, -0.2) is 0 Å². The molecule has 1 aromatic heterocycles. The number of fused-ring (bicyclic) bond motifs is 1. The Hall–Kier alpha value is -2.93. The van der Waals surface area contributed by atoms with Crippen molar-refractivity contribution in [2.75, 3.05) is 0 Å². The van der Waals surface area contributed by atoms with Crippen LogP contribution in [-0.2, 0) is 31.1 Å². The highest BCUT2D eigenvalue weighted by atomic mass is 14.7. The zero-order chi connectivity index (χ0) is 20.5. The van der Waals surface area contributed by atoms with Crippen molar-refractivity contribution in [1.82, 2.24) is 4.98 Å². The Morgan fingerprint density at radius 2 is 1.23 bits per heavy atom. The molecule has 0 atom stereocenters. The topological polar surface area (TPSA) is 12.9 Å². The molecule has 6 rings (SSSR count).